The maximum Gasteiger partial charge on any atom is 0.257 e. The molecule has 2 heterocycles. The fraction of sp³-hybridized carbons (Fsp3) is 0.385. The Hall–Kier alpha value is -3.53. The molecule has 2 fully saturated rings. The lowest BCUT2D eigenvalue weighted by Gasteiger charge is -2.29. The summed E-state index contributed by atoms with van der Waals surface area (Å²) in [6.07, 6.45) is 7.90. The standard InChI is InChI=1S/C26H27FN4O2/c1-16-20(9-19-5-7-31(8-6-19)25(32)10-18-3-4-18)12-23(27)13-24(16)30-26(33)22-11-21(14-28)17(2)29-15-22/h9,11-13,15,18H,3-8,10H2,1-2H3,(H,30,33). The van der Waals surface area contributed by atoms with Crippen molar-refractivity contribution < 1.29 is 14.0 Å². The monoisotopic (exact) mass is 446 g/mol. The molecule has 170 valence electrons. The van der Waals surface area contributed by atoms with Crippen LogP contribution < -0.4 is 5.32 Å². The van der Waals surface area contributed by atoms with Gasteiger partial charge < -0.3 is 10.2 Å². The van der Waals surface area contributed by atoms with E-state index in [4.69, 9.17) is 0 Å². The number of hydrogen-bond acceptors (Lipinski definition) is 4. The fourth-order valence-corrected chi connectivity index (χ4v) is 4.05. The molecule has 2 amide bonds. The number of aryl methyl sites for hydroxylation is 1. The molecule has 7 heteroatoms. The number of halogens is 1. The third kappa shape index (κ3) is 5.46. The van der Waals surface area contributed by atoms with E-state index in [1.807, 2.05) is 24.0 Å². The van der Waals surface area contributed by atoms with E-state index in [9.17, 15) is 19.2 Å². The number of nitrogens with one attached hydrogen (secondary N) is 1. The van der Waals surface area contributed by atoms with E-state index in [1.165, 1.54) is 37.2 Å². The van der Waals surface area contributed by atoms with Crippen LogP contribution in [0, 0.1) is 36.9 Å². The normalized spacial score (nSPS) is 15.7. The summed E-state index contributed by atoms with van der Waals surface area (Å²) in [6, 6.07) is 6.25. The van der Waals surface area contributed by atoms with Crippen LogP contribution in [0.5, 0.6) is 0 Å². The predicted octanol–water partition coefficient (Wildman–Crippen LogP) is 4.77. The van der Waals surface area contributed by atoms with Gasteiger partial charge in [-0.15, -0.1) is 0 Å². The molecule has 2 aromatic rings. The summed E-state index contributed by atoms with van der Waals surface area (Å²) in [6.45, 7) is 4.92. The summed E-state index contributed by atoms with van der Waals surface area (Å²) in [4.78, 5) is 31.1. The Morgan fingerprint density at radius 1 is 1.24 bits per heavy atom. The topological polar surface area (TPSA) is 86.1 Å². The molecule has 33 heavy (non-hydrogen) atoms. The average Bonchev–Trinajstić information content (AvgIpc) is 3.61. The molecule has 1 aromatic carbocycles. The number of carbonyl (C=O) groups excluding carboxylic acids is 2. The quantitative estimate of drug-likeness (QED) is 0.717. The Balaban J connectivity index is 1.47. The number of anilines is 1. The number of likely N-dealkylation sites (tertiary alicyclic amines) is 1. The highest BCUT2D eigenvalue weighted by molar-refractivity contribution is 6.04. The smallest absolute Gasteiger partial charge is 0.257 e. The zero-order chi connectivity index (χ0) is 23.5. The summed E-state index contributed by atoms with van der Waals surface area (Å²) < 4.78 is 14.4. The van der Waals surface area contributed by atoms with Gasteiger partial charge in [-0.2, -0.15) is 5.26 Å². The molecular weight excluding hydrogens is 419 g/mol. The second kappa shape index (κ2) is 9.53. The first-order valence-electron chi connectivity index (χ1n) is 11.3. The van der Waals surface area contributed by atoms with Crippen LogP contribution in [0.4, 0.5) is 10.1 Å². The number of amides is 2. The van der Waals surface area contributed by atoms with Crippen molar-refractivity contribution in [3.8, 4) is 6.07 Å². The Morgan fingerprint density at radius 2 is 1.97 bits per heavy atom. The van der Waals surface area contributed by atoms with Gasteiger partial charge in [0, 0.05) is 31.4 Å². The van der Waals surface area contributed by atoms with Crippen molar-refractivity contribution in [3.05, 3.63) is 63.7 Å². The summed E-state index contributed by atoms with van der Waals surface area (Å²) >= 11 is 0. The number of pyridine rings is 1. The molecular formula is C26H27FN4O2. The maximum atomic E-state index is 14.4. The zero-order valence-corrected chi connectivity index (χ0v) is 18.9. The fourth-order valence-electron chi connectivity index (χ4n) is 4.05. The van der Waals surface area contributed by atoms with Crippen molar-refractivity contribution in [2.24, 2.45) is 5.92 Å². The minimum Gasteiger partial charge on any atom is -0.342 e. The van der Waals surface area contributed by atoms with Gasteiger partial charge in [0.05, 0.1) is 16.8 Å². The average molecular weight is 447 g/mol. The third-order valence-corrected chi connectivity index (χ3v) is 6.41. The number of nitrogens with zero attached hydrogens (tertiary/aromatic N) is 3. The molecule has 2 aliphatic rings. The summed E-state index contributed by atoms with van der Waals surface area (Å²) in [5, 5.41) is 11.9. The molecule has 1 aliphatic heterocycles. The lowest BCUT2D eigenvalue weighted by Crippen LogP contribution is -2.36. The molecule has 1 N–H and O–H groups in total. The SMILES string of the molecule is Cc1ncc(C(=O)Nc2cc(F)cc(C=C3CCN(C(=O)CC4CC4)CC3)c2C)cc1C#N. The molecule has 1 aliphatic carbocycles. The minimum atomic E-state index is -0.450. The number of hydrogen-bond donors (Lipinski definition) is 1. The summed E-state index contributed by atoms with van der Waals surface area (Å²) in [7, 11) is 0. The molecule has 0 atom stereocenters. The number of benzene rings is 1. The molecule has 4 rings (SSSR count). The van der Waals surface area contributed by atoms with E-state index in [0.717, 1.165) is 24.0 Å². The Bertz CT molecular complexity index is 1170. The summed E-state index contributed by atoms with van der Waals surface area (Å²) in [5.41, 5.74) is 4.11. The number of aromatic nitrogens is 1. The number of carbonyl (C=O) groups is 2. The van der Waals surface area contributed by atoms with Gasteiger partial charge in [0.2, 0.25) is 5.91 Å². The number of piperidine rings is 1. The van der Waals surface area contributed by atoms with E-state index < -0.39 is 11.7 Å². The van der Waals surface area contributed by atoms with Crippen LogP contribution in [0.3, 0.4) is 0 Å². The number of nitriles is 1. The highest BCUT2D eigenvalue weighted by atomic mass is 19.1. The Kier molecular flexibility index (Phi) is 6.55. The van der Waals surface area contributed by atoms with Crippen molar-refractivity contribution in [3.63, 3.8) is 0 Å². The number of rotatable bonds is 5. The lowest BCUT2D eigenvalue weighted by atomic mass is 9.97. The van der Waals surface area contributed by atoms with Gasteiger partial charge in [-0.3, -0.25) is 14.6 Å². The van der Waals surface area contributed by atoms with Crippen LogP contribution in [0.25, 0.3) is 6.08 Å². The molecule has 1 saturated heterocycles. The van der Waals surface area contributed by atoms with Crippen molar-refractivity contribution in [2.45, 2.75) is 46.0 Å². The van der Waals surface area contributed by atoms with Gasteiger partial charge in [-0.25, -0.2) is 4.39 Å². The van der Waals surface area contributed by atoms with Gasteiger partial charge in [0.1, 0.15) is 11.9 Å². The van der Waals surface area contributed by atoms with Crippen LogP contribution in [-0.2, 0) is 4.79 Å². The highest BCUT2D eigenvalue weighted by Gasteiger charge is 2.28. The van der Waals surface area contributed by atoms with Gasteiger partial charge in [0.25, 0.3) is 5.91 Å². The molecule has 1 saturated carbocycles. The zero-order valence-electron chi connectivity index (χ0n) is 18.9. The minimum absolute atomic E-state index is 0.240. The Labute approximate surface area is 193 Å². The van der Waals surface area contributed by atoms with Gasteiger partial charge >= 0.3 is 0 Å². The maximum absolute atomic E-state index is 14.4. The third-order valence-electron chi connectivity index (χ3n) is 6.41. The van der Waals surface area contributed by atoms with E-state index in [2.05, 4.69) is 10.3 Å². The van der Waals surface area contributed by atoms with E-state index in [1.54, 1.807) is 6.92 Å². The highest BCUT2D eigenvalue weighted by Crippen LogP contribution is 2.33. The van der Waals surface area contributed by atoms with Crippen LogP contribution in [0.1, 0.15) is 64.8 Å². The molecule has 1 aromatic heterocycles. The van der Waals surface area contributed by atoms with Crippen molar-refractivity contribution in [1.29, 1.82) is 5.26 Å². The van der Waals surface area contributed by atoms with Crippen LogP contribution >= 0.6 is 0 Å². The summed E-state index contributed by atoms with van der Waals surface area (Å²) in [5.74, 6) is -0.0674. The molecule has 0 unspecified atom stereocenters. The van der Waals surface area contributed by atoms with Crippen molar-refractivity contribution >= 4 is 23.6 Å². The van der Waals surface area contributed by atoms with Crippen LogP contribution in [0.15, 0.2) is 30.0 Å². The second-order valence-corrected chi connectivity index (χ2v) is 8.92. The van der Waals surface area contributed by atoms with E-state index in [0.29, 0.717) is 47.9 Å². The van der Waals surface area contributed by atoms with Crippen molar-refractivity contribution in [1.82, 2.24) is 9.88 Å². The molecule has 0 bridgehead atoms. The molecule has 0 radical (unpaired) electrons. The van der Waals surface area contributed by atoms with Gasteiger partial charge in [0.15, 0.2) is 0 Å². The second-order valence-electron chi connectivity index (χ2n) is 8.92. The Morgan fingerprint density at radius 3 is 2.64 bits per heavy atom. The first-order chi connectivity index (χ1) is 15.8. The van der Waals surface area contributed by atoms with Crippen LogP contribution in [0.2, 0.25) is 0 Å². The van der Waals surface area contributed by atoms with Gasteiger partial charge in [-0.05, 0) is 74.8 Å². The van der Waals surface area contributed by atoms with Crippen LogP contribution in [-0.4, -0.2) is 34.8 Å². The molecule has 6 nitrogen and oxygen atoms in total. The van der Waals surface area contributed by atoms with E-state index >= 15 is 0 Å². The molecule has 0 spiro atoms. The largest absolute Gasteiger partial charge is 0.342 e. The first kappa shape index (κ1) is 22.7. The van der Waals surface area contributed by atoms with Crippen molar-refractivity contribution in [2.75, 3.05) is 18.4 Å². The van der Waals surface area contributed by atoms with E-state index in [-0.39, 0.29) is 11.5 Å². The predicted molar refractivity (Wildman–Crippen MR) is 124 cm³/mol. The lowest BCUT2D eigenvalue weighted by molar-refractivity contribution is -0.132. The first-order valence-corrected chi connectivity index (χ1v) is 11.3. The van der Waals surface area contributed by atoms with Gasteiger partial charge in [-0.1, -0.05) is 11.6 Å².